The predicted octanol–water partition coefficient (Wildman–Crippen LogP) is 2.75. The van der Waals surface area contributed by atoms with E-state index in [1.54, 1.807) is 6.26 Å². The van der Waals surface area contributed by atoms with E-state index in [1.807, 2.05) is 0 Å². The van der Waals surface area contributed by atoms with E-state index in [9.17, 15) is 14.4 Å². The Morgan fingerprint density at radius 3 is 2.32 bits per heavy atom. The molecule has 6 unspecified atom stereocenters. The summed E-state index contributed by atoms with van der Waals surface area (Å²) >= 11 is 0. The van der Waals surface area contributed by atoms with Crippen molar-refractivity contribution < 1.29 is 33.3 Å². The molecule has 0 aromatic heterocycles. The van der Waals surface area contributed by atoms with Crippen molar-refractivity contribution >= 4 is 17.9 Å². The largest absolute Gasteiger partial charge is 0.462 e. The number of hydrogen-bond donors (Lipinski definition) is 0. The average Bonchev–Trinajstić information content (AvgIpc) is 3.14. The summed E-state index contributed by atoms with van der Waals surface area (Å²) in [6.07, 6.45) is 0.875. The molecule has 3 aliphatic rings. The highest BCUT2D eigenvalue weighted by atomic mass is 16.7. The molecule has 6 atom stereocenters. The van der Waals surface area contributed by atoms with Gasteiger partial charge in [-0.05, 0) is 29.2 Å². The van der Waals surface area contributed by atoms with Gasteiger partial charge in [-0.2, -0.15) is 0 Å². The van der Waals surface area contributed by atoms with Crippen LogP contribution in [0.5, 0.6) is 0 Å². The van der Waals surface area contributed by atoms with Crippen LogP contribution in [0.15, 0.2) is 24.0 Å². The van der Waals surface area contributed by atoms with Crippen molar-refractivity contribution in [3.05, 3.63) is 24.0 Å². The van der Waals surface area contributed by atoms with Crippen LogP contribution in [0.2, 0.25) is 0 Å². The molecule has 0 aromatic carbocycles. The lowest BCUT2D eigenvalue weighted by Crippen LogP contribution is -2.42. The Bertz CT molecular complexity index is 735. The average molecular weight is 392 g/mol. The van der Waals surface area contributed by atoms with Gasteiger partial charge in [0.1, 0.15) is 12.7 Å². The second-order valence-electron chi connectivity index (χ2n) is 8.50. The number of fused-ring (bicyclic) bond motifs is 3. The molecule has 2 fully saturated rings. The van der Waals surface area contributed by atoms with E-state index in [4.69, 9.17) is 18.9 Å². The Balaban J connectivity index is 2.01. The molecule has 0 saturated heterocycles. The first-order valence-electron chi connectivity index (χ1n) is 9.55. The first kappa shape index (κ1) is 20.4. The topological polar surface area (TPSA) is 88.1 Å². The normalized spacial score (nSPS) is 35.2. The zero-order valence-electron chi connectivity index (χ0n) is 17.0. The maximum Gasteiger partial charge on any atom is 0.305 e. The van der Waals surface area contributed by atoms with Crippen molar-refractivity contribution in [2.24, 2.45) is 29.1 Å². The summed E-state index contributed by atoms with van der Waals surface area (Å²) in [5.74, 6) is -1.13. The summed E-state index contributed by atoms with van der Waals surface area (Å²) in [6, 6.07) is 0. The van der Waals surface area contributed by atoms with Crippen LogP contribution in [0.25, 0.3) is 0 Å². The molecule has 7 heteroatoms. The molecule has 0 bridgehead atoms. The van der Waals surface area contributed by atoms with E-state index in [2.05, 4.69) is 20.4 Å². The molecule has 0 N–H and O–H groups in total. The van der Waals surface area contributed by atoms with E-state index in [0.29, 0.717) is 17.9 Å². The van der Waals surface area contributed by atoms with Crippen LogP contribution < -0.4 is 0 Å². The third kappa shape index (κ3) is 3.66. The summed E-state index contributed by atoms with van der Waals surface area (Å²) in [6.45, 7) is 12.7. The molecule has 0 radical (unpaired) electrons. The standard InChI is InChI=1S/C21H28O7/c1-10-16(27-12(3)23)7-15-19(21(15,5)6)18-14(8-25-11(2)22)9-26-20(17(10)18)28-13(4)24/h9,15-20H,1,7-8H2,2-6H3. The fraction of sp³-hybridized carbons (Fsp3) is 0.667. The summed E-state index contributed by atoms with van der Waals surface area (Å²) in [7, 11) is 0. The monoisotopic (exact) mass is 392 g/mol. The fourth-order valence-electron chi connectivity index (χ4n) is 5.03. The molecule has 2 aliphatic carbocycles. The Labute approximate surface area is 165 Å². The number of carbonyl (C=O) groups is 3. The van der Waals surface area contributed by atoms with Gasteiger partial charge in [-0.3, -0.25) is 14.4 Å². The Kier molecular flexibility index (Phi) is 5.30. The Morgan fingerprint density at radius 1 is 1.11 bits per heavy atom. The molecule has 1 heterocycles. The highest BCUT2D eigenvalue weighted by Crippen LogP contribution is 2.69. The molecule has 2 saturated carbocycles. The molecule has 3 rings (SSSR count). The molecule has 28 heavy (non-hydrogen) atoms. The van der Waals surface area contributed by atoms with Gasteiger partial charge in [0.25, 0.3) is 6.29 Å². The van der Waals surface area contributed by atoms with Gasteiger partial charge in [0, 0.05) is 32.3 Å². The lowest BCUT2D eigenvalue weighted by molar-refractivity contribution is -0.182. The summed E-state index contributed by atoms with van der Waals surface area (Å²) in [4.78, 5) is 34.7. The SMILES string of the molecule is C=C1C(OC(C)=O)CC2C(C3C(COC(C)=O)=COC(OC(C)=O)C13)C2(C)C. The molecule has 0 spiro atoms. The van der Waals surface area contributed by atoms with Crippen molar-refractivity contribution in [3.63, 3.8) is 0 Å². The van der Waals surface area contributed by atoms with Gasteiger partial charge in [-0.15, -0.1) is 0 Å². The third-order valence-electron chi connectivity index (χ3n) is 6.33. The van der Waals surface area contributed by atoms with Crippen LogP contribution in [0.1, 0.15) is 41.0 Å². The summed E-state index contributed by atoms with van der Waals surface area (Å²) < 4.78 is 22.0. The second-order valence-corrected chi connectivity index (χ2v) is 8.50. The Morgan fingerprint density at radius 2 is 1.75 bits per heavy atom. The van der Waals surface area contributed by atoms with E-state index < -0.39 is 18.4 Å². The van der Waals surface area contributed by atoms with Crippen molar-refractivity contribution in [1.29, 1.82) is 0 Å². The lowest BCUT2D eigenvalue weighted by atomic mass is 9.74. The van der Waals surface area contributed by atoms with Crippen LogP contribution in [0, 0.1) is 29.1 Å². The molecule has 0 aromatic rings. The number of rotatable bonds is 4. The van der Waals surface area contributed by atoms with Crippen molar-refractivity contribution in [2.75, 3.05) is 6.61 Å². The van der Waals surface area contributed by atoms with Crippen molar-refractivity contribution in [1.82, 2.24) is 0 Å². The van der Waals surface area contributed by atoms with Gasteiger partial charge in [0.2, 0.25) is 0 Å². The highest BCUT2D eigenvalue weighted by Gasteiger charge is 2.67. The number of hydrogen-bond acceptors (Lipinski definition) is 7. The minimum atomic E-state index is -0.857. The molecule has 1 aliphatic heterocycles. The van der Waals surface area contributed by atoms with E-state index in [1.165, 1.54) is 20.8 Å². The van der Waals surface area contributed by atoms with Crippen LogP contribution in [-0.2, 0) is 33.3 Å². The van der Waals surface area contributed by atoms with Crippen LogP contribution >= 0.6 is 0 Å². The maximum absolute atomic E-state index is 11.7. The van der Waals surface area contributed by atoms with Gasteiger partial charge in [0.15, 0.2) is 0 Å². The van der Waals surface area contributed by atoms with Gasteiger partial charge in [-0.1, -0.05) is 20.4 Å². The molecular weight excluding hydrogens is 364 g/mol. The summed E-state index contributed by atoms with van der Waals surface area (Å²) in [5.41, 5.74) is 1.51. The van der Waals surface area contributed by atoms with Gasteiger partial charge < -0.3 is 18.9 Å². The van der Waals surface area contributed by atoms with Crippen LogP contribution in [0.4, 0.5) is 0 Å². The van der Waals surface area contributed by atoms with E-state index >= 15 is 0 Å². The van der Waals surface area contributed by atoms with Crippen molar-refractivity contribution in [2.45, 2.75) is 53.4 Å². The van der Waals surface area contributed by atoms with Gasteiger partial charge in [-0.25, -0.2) is 0 Å². The third-order valence-corrected chi connectivity index (χ3v) is 6.33. The van der Waals surface area contributed by atoms with Gasteiger partial charge in [0.05, 0.1) is 12.2 Å². The maximum atomic E-state index is 11.7. The number of ether oxygens (including phenoxy) is 4. The quantitative estimate of drug-likeness (QED) is 0.413. The zero-order valence-corrected chi connectivity index (χ0v) is 17.0. The van der Waals surface area contributed by atoms with Crippen LogP contribution in [-0.4, -0.2) is 36.9 Å². The van der Waals surface area contributed by atoms with Gasteiger partial charge >= 0.3 is 17.9 Å². The zero-order chi connectivity index (χ0) is 20.8. The molecule has 7 nitrogen and oxygen atoms in total. The molecule has 154 valence electrons. The molecular formula is C21H28O7. The van der Waals surface area contributed by atoms with Crippen LogP contribution in [0.3, 0.4) is 0 Å². The first-order chi connectivity index (χ1) is 13.0. The van der Waals surface area contributed by atoms with E-state index in [-0.39, 0.29) is 41.7 Å². The minimum Gasteiger partial charge on any atom is -0.462 e. The van der Waals surface area contributed by atoms with E-state index in [0.717, 1.165) is 5.57 Å². The predicted molar refractivity (Wildman–Crippen MR) is 98.4 cm³/mol. The number of carbonyl (C=O) groups excluding carboxylic acids is 3. The molecule has 0 amide bonds. The Hall–Kier alpha value is -2.31. The lowest BCUT2D eigenvalue weighted by Gasteiger charge is -2.40. The smallest absolute Gasteiger partial charge is 0.305 e. The highest BCUT2D eigenvalue weighted by molar-refractivity contribution is 5.67. The summed E-state index contributed by atoms with van der Waals surface area (Å²) in [5, 5.41) is 0. The van der Waals surface area contributed by atoms with Crippen molar-refractivity contribution in [3.8, 4) is 0 Å². The number of esters is 3. The minimum absolute atomic E-state index is 0.00937. The second kappa shape index (κ2) is 7.26. The first-order valence-corrected chi connectivity index (χ1v) is 9.55. The fourth-order valence-corrected chi connectivity index (χ4v) is 5.03.